The monoisotopic (exact) mass is 364 g/mol. The lowest BCUT2D eigenvalue weighted by Gasteiger charge is -2.32. The van der Waals surface area contributed by atoms with Crippen molar-refractivity contribution >= 4 is 21.8 Å². The van der Waals surface area contributed by atoms with E-state index in [9.17, 15) is 4.79 Å². The number of amides is 1. The molecule has 2 fully saturated rings. The standard InChI is InChI=1S/C18H25BrN2O/c1-13-11-14(7-10-20-13)17(22)21(2)12-18(8-9-18)15-3-5-16(19)6-4-15/h3-6,13-14,20H,7-12H2,1-2H3/t13-,14-/m0/s1. The molecule has 1 aliphatic heterocycles. The van der Waals surface area contributed by atoms with Crippen molar-refractivity contribution in [2.45, 2.75) is 44.1 Å². The van der Waals surface area contributed by atoms with Crippen LogP contribution in [0.3, 0.4) is 0 Å². The van der Waals surface area contributed by atoms with Crippen molar-refractivity contribution in [3.63, 3.8) is 0 Å². The first-order valence-electron chi connectivity index (χ1n) is 8.25. The van der Waals surface area contributed by atoms with Crippen LogP contribution in [-0.2, 0) is 10.2 Å². The summed E-state index contributed by atoms with van der Waals surface area (Å²) in [5.74, 6) is 0.527. The van der Waals surface area contributed by atoms with Crippen molar-refractivity contribution in [3.05, 3.63) is 34.3 Å². The molecular weight excluding hydrogens is 340 g/mol. The minimum absolute atomic E-state index is 0.196. The molecular formula is C18H25BrN2O. The molecule has 22 heavy (non-hydrogen) atoms. The molecule has 1 aromatic rings. The van der Waals surface area contributed by atoms with Gasteiger partial charge in [-0.2, -0.15) is 0 Å². The highest BCUT2D eigenvalue weighted by molar-refractivity contribution is 9.10. The summed E-state index contributed by atoms with van der Waals surface area (Å²) in [7, 11) is 1.98. The van der Waals surface area contributed by atoms with Gasteiger partial charge in [0.05, 0.1) is 0 Å². The van der Waals surface area contributed by atoms with Crippen molar-refractivity contribution in [2.24, 2.45) is 5.92 Å². The average molecular weight is 365 g/mol. The van der Waals surface area contributed by atoms with Gasteiger partial charge in [0.2, 0.25) is 5.91 Å². The number of nitrogens with zero attached hydrogens (tertiary/aromatic N) is 1. The third kappa shape index (κ3) is 3.38. The molecule has 1 aliphatic carbocycles. The van der Waals surface area contributed by atoms with Crippen LogP contribution in [0, 0.1) is 5.92 Å². The molecule has 1 saturated heterocycles. The Morgan fingerprint density at radius 1 is 1.36 bits per heavy atom. The van der Waals surface area contributed by atoms with Crippen molar-refractivity contribution in [1.29, 1.82) is 0 Å². The average Bonchev–Trinajstić information content (AvgIpc) is 3.27. The molecule has 1 N–H and O–H groups in total. The van der Waals surface area contributed by atoms with E-state index in [0.717, 1.165) is 30.4 Å². The summed E-state index contributed by atoms with van der Waals surface area (Å²) in [6, 6.07) is 9.05. The van der Waals surface area contributed by atoms with Gasteiger partial charge in [0.15, 0.2) is 0 Å². The van der Waals surface area contributed by atoms with Crippen LogP contribution in [0.15, 0.2) is 28.7 Å². The van der Waals surface area contributed by atoms with E-state index < -0.39 is 0 Å². The SMILES string of the molecule is C[C@H]1C[C@@H](C(=O)N(C)CC2(c3ccc(Br)cc3)CC2)CCN1. The Bertz CT molecular complexity index is 539. The maximum atomic E-state index is 12.7. The van der Waals surface area contributed by atoms with Crippen LogP contribution < -0.4 is 5.32 Å². The lowest BCUT2D eigenvalue weighted by molar-refractivity contribution is -0.135. The van der Waals surface area contributed by atoms with Gasteiger partial charge in [-0.05, 0) is 56.8 Å². The number of benzene rings is 1. The van der Waals surface area contributed by atoms with Crippen LogP contribution in [0.25, 0.3) is 0 Å². The van der Waals surface area contributed by atoms with Crippen LogP contribution >= 0.6 is 15.9 Å². The Balaban J connectivity index is 1.64. The van der Waals surface area contributed by atoms with E-state index in [4.69, 9.17) is 0 Å². The fraction of sp³-hybridized carbons (Fsp3) is 0.611. The van der Waals surface area contributed by atoms with Crippen molar-refractivity contribution in [1.82, 2.24) is 10.2 Å². The second kappa shape index (κ2) is 6.32. The molecule has 0 aromatic heterocycles. The van der Waals surface area contributed by atoms with Gasteiger partial charge in [0.1, 0.15) is 0 Å². The molecule has 1 amide bonds. The molecule has 0 unspecified atom stereocenters. The minimum atomic E-state index is 0.196. The maximum absolute atomic E-state index is 12.7. The second-order valence-corrected chi connectivity index (χ2v) is 7.97. The molecule has 3 nitrogen and oxygen atoms in total. The van der Waals surface area contributed by atoms with Crippen LogP contribution in [0.2, 0.25) is 0 Å². The number of hydrogen-bond acceptors (Lipinski definition) is 2. The zero-order valence-corrected chi connectivity index (χ0v) is 15.0. The first-order chi connectivity index (χ1) is 10.5. The topological polar surface area (TPSA) is 32.3 Å². The molecule has 0 bridgehead atoms. The fourth-order valence-corrected chi connectivity index (χ4v) is 3.96. The third-order valence-corrected chi connectivity index (χ3v) is 5.73. The quantitative estimate of drug-likeness (QED) is 0.888. The summed E-state index contributed by atoms with van der Waals surface area (Å²) in [6.45, 7) is 3.98. The number of piperidine rings is 1. The molecule has 2 atom stereocenters. The minimum Gasteiger partial charge on any atom is -0.345 e. The Labute approximate surface area is 141 Å². The van der Waals surface area contributed by atoms with Crippen LogP contribution in [0.4, 0.5) is 0 Å². The molecule has 2 aliphatic rings. The number of likely N-dealkylation sites (N-methyl/N-ethyl adjacent to an activating group) is 1. The Morgan fingerprint density at radius 3 is 2.64 bits per heavy atom. The Morgan fingerprint density at radius 2 is 2.05 bits per heavy atom. The predicted octanol–water partition coefficient (Wildman–Crippen LogP) is 3.33. The van der Waals surface area contributed by atoms with Crippen molar-refractivity contribution in [3.8, 4) is 0 Å². The van der Waals surface area contributed by atoms with Gasteiger partial charge in [0, 0.05) is 35.4 Å². The number of hydrogen-bond donors (Lipinski definition) is 1. The molecule has 0 spiro atoms. The summed E-state index contributed by atoms with van der Waals surface area (Å²) in [4.78, 5) is 14.7. The van der Waals surface area contributed by atoms with Crippen molar-refractivity contribution in [2.75, 3.05) is 20.1 Å². The number of rotatable bonds is 4. The van der Waals surface area contributed by atoms with E-state index in [1.54, 1.807) is 0 Å². The Kier molecular flexibility index (Phi) is 4.60. The van der Waals surface area contributed by atoms with Gasteiger partial charge < -0.3 is 10.2 Å². The van der Waals surface area contributed by atoms with E-state index in [-0.39, 0.29) is 11.3 Å². The zero-order valence-electron chi connectivity index (χ0n) is 13.4. The summed E-state index contributed by atoms with van der Waals surface area (Å²) in [5.41, 5.74) is 1.57. The predicted molar refractivity (Wildman–Crippen MR) is 92.9 cm³/mol. The Hall–Kier alpha value is -0.870. The van der Waals surface area contributed by atoms with Gasteiger partial charge in [0.25, 0.3) is 0 Å². The maximum Gasteiger partial charge on any atom is 0.225 e. The molecule has 1 saturated carbocycles. The number of carbonyl (C=O) groups excluding carboxylic acids is 1. The molecule has 120 valence electrons. The van der Waals surface area contributed by atoms with Crippen molar-refractivity contribution < 1.29 is 4.79 Å². The fourth-order valence-electron chi connectivity index (χ4n) is 3.69. The first-order valence-corrected chi connectivity index (χ1v) is 9.04. The lowest BCUT2D eigenvalue weighted by atomic mass is 9.90. The lowest BCUT2D eigenvalue weighted by Crippen LogP contribution is -2.44. The largest absolute Gasteiger partial charge is 0.345 e. The van der Waals surface area contributed by atoms with Gasteiger partial charge in [-0.25, -0.2) is 0 Å². The summed E-state index contributed by atoms with van der Waals surface area (Å²) < 4.78 is 1.11. The van der Waals surface area contributed by atoms with Gasteiger partial charge in [-0.3, -0.25) is 4.79 Å². The van der Waals surface area contributed by atoms with E-state index in [1.165, 1.54) is 18.4 Å². The van der Waals surface area contributed by atoms with Crippen LogP contribution in [0.5, 0.6) is 0 Å². The third-order valence-electron chi connectivity index (χ3n) is 5.20. The summed E-state index contributed by atoms with van der Waals surface area (Å²) in [6.07, 6.45) is 4.32. The molecule has 0 radical (unpaired) electrons. The molecule has 4 heteroatoms. The summed E-state index contributed by atoms with van der Waals surface area (Å²) >= 11 is 3.49. The first kappa shape index (κ1) is 16.0. The number of carbonyl (C=O) groups is 1. The highest BCUT2D eigenvalue weighted by Crippen LogP contribution is 2.49. The number of nitrogens with one attached hydrogen (secondary N) is 1. The highest BCUT2D eigenvalue weighted by atomic mass is 79.9. The second-order valence-electron chi connectivity index (χ2n) is 7.06. The zero-order chi connectivity index (χ0) is 15.7. The molecule has 1 heterocycles. The van der Waals surface area contributed by atoms with Crippen LogP contribution in [0.1, 0.15) is 38.2 Å². The van der Waals surface area contributed by atoms with E-state index in [1.807, 2.05) is 11.9 Å². The van der Waals surface area contributed by atoms with Crippen LogP contribution in [-0.4, -0.2) is 37.0 Å². The molecule has 1 aromatic carbocycles. The van der Waals surface area contributed by atoms with E-state index in [0.29, 0.717) is 11.9 Å². The molecule has 3 rings (SSSR count). The van der Waals surface area contributed by atoms with Gasteiger partial charge >= 0.3 is 0 Å². The van der Waals surface area contributed by atoms with E-state index >= 15 is 0 Å². The van der Waals surface area contributed by atoms with Gasteiger partial charge in [-0.1, -0.05) is 28.1 Å². The van der Waals surface area contributed by atoms with Gasteiger partial charge in [-0.15, -0.1) is 0 Å². The number of halogens is 1. The highest BCUT2D eigenvalue weighted by Gasteiger charge is 2.46. The van der Waals surface area contributed by atoms with E-state index in [2.05, 4.69) is 52.4 Å². The summed E-state index contributed by atoms with van der Waals surface area (Å²) in [5, 5.41) is 3.42. The smallest absolute Gasteiger partial charge is 0.225 e. The normalized spacial score (nSPS) is 26.5.